The third kappa shape index (κ3) is 5.45. The summed E-state index contributed by atoms with van der Waals surface area (Å²) in [6.45, 7) is 8.63. The first kappa shape index (κ1) is 19.7. The largest absolute Gasteiger partial charge is 0.444 e. The van der Waals surface area contributed by atoms with Crippen LogP contribution in [0.1, 0.15) is 45.6 Å². The zero-order valence-electron chi connectivity index (χ0n) is 16.6. The van der Waals surface area contributed by atoms with E-state index in [1.54, 1.807) is 0 Å². The number of benzene rings is 1. The molecule has 2 heterocycles. The Morgan fingerprint density at radius 2 is 1.93 bits per heavy atom. The van der Waals surface area contributed by atoms with E-state index in [1.165, 1.54) is 5.56 Å². The van der Waals surface area contributed by atoms with Gasteiger partial charge in [0.15, 0.2) is 0 Å². The van der Waals surface area contributed by atoms with Crippen molar-refractivity contribution in [2.45, 2.75) is 64.3 Å². The second-order valence-electron chi connectivity index (χ2n) is 8.54. The maximum absolute atomic E-state index is 12.5. The molecule has 2 saturated heterocycles. The standard InChI is InChI=1S/C21H31N3O3/c1-21(2,3)27-20(26)22-17-14-23(13-16-9-5-4-6-10-16)15-18(17)24-12-8-7-11-19(24)25/h4-6,9-10,17-18H,7-8,11-15H2,1-3H3,(H,22,26)/t17-,18+/m0/s1. The van der Waals surface area contributed by atoms with Gasteiger partial charge in [-0.2, -0.15) is 0 Å². The summed E-state index contributed by atoms with van der Waals surface area (Å²) in [7, 11) is 0. The van der Waals surface area contributed by atoms with E-state index in [0.717, 1.165) is 32.5 Å². The second-order valence-corrected chi connectivity index (χ2v) is 8.54. The first-order valence-corrected chi connectivity index (χ1v) is 9.87. The van der Waals surface area contributed by atoms with Crippen molar-refractivity contribution in [3.63, 3.8) is 0 Å². The van der Waals surface area contributed by atoms with Gasteiger partial charge in [-0.15, -0.1) is 0 Å². The van der Waals surface area contributed by atoms with Crippen LogP contribution in [0.2, 0.25) is 0 Å². The Hall–Kier alpha value is -2.08. The molecular weight excluding hydrogens is 342 g/mol. The summed E-state index contributed by atoms with van der Waals surface area (Å²) in [6, 6.07) is 10.2. The van der Waals surface area contributed by atoms with Crippen LogP contribution >= 0.6 is 0 Å². The molecule has 2 fully saturated rings. The molecule has 2 aliphatic heterocycles. The van der Waals surface area contributed by atoms with Crippen LogP contribution in [0.5, 0.6) is 0 Å². The van der Waals surface area contributed by atoms with Gasteiger partial charge in [-0.1, -0.05) is 30.3 Å². The Kier molecular flexibility index (Phi) is 6.05. The number of hydrogen-bond donors (Lipinski definition) is 1. The number of amides is 2. The number of carbonyl (C=O) groups excluding carboxylic acids is 2. The van der Waals surface area contributed by atoms with E-state index in [-0.39, 0.29) is 18.0 Å². The van der Waals surface area contributed by atoms with Crippen molar-refractivity contribution in [1.82, 2.24) is 15.1 Å². The van der Waals surface area contributed by atoms with E-state index < -0.39 is 11.7 Å². The highest BCUT2D eigenvalue weighted by molar-refractivity contribution is 5.77. The van der Waals surface area contributed by atoms with Crippen LogP contribution in [0.3, 0.4) is 0 Å². The highest BCUT2D eigenvalue weighted by atomic mass is 16.6. The van der Waals surface area contributed by atoms with E-state index in [1.807, 2.05) is 43.9 Å². The molecule has 1 aromatic carbocycles. The molecule has 0 aromatic heterocycles. The Balaban J connectivity index is 1.70. The van der Waals surface area contributed by atoms with Gasteiger partial charge in [0, 0.05) is 32.6 Å². The Morgan fingerprint density at radius 1 is 1.19 bits per heavy atom. The number of carbonyl (C=O) groups is 2. The highest BCUT2D eigenvalue weighted by Crippen LogP contribution is 2.23. The van der Waals surface area contributed by atoms with Crippen molar-refractivity contribution in [3.05, 3.63) is 35.9 Å². The van der Waals surface area contributed by atoms with E-state index in [9.17, 15) is 9.59 Å². The summed E-state index contributed by atoms with van der Waals surface area (Å²) in [4.78, 5) is 29.1. The summed E-state index contributed by atoms with van der Waals surface area (Å²) < 4.78 is 5.44. The van der Waals surface area contributed by atoms with Gasteiger partial charge in [-0.25, -0.2) is 4.79 Å². The summed E-state index contributed by atoms with van der Waals surface area (Å²) in [5.74, 6) is 0.198. The SMILES string of the molecule is CC(C)(C)OC(=O)N[C@H]1CN(Cc2ccccc2)C[C@H]1N1CCCCC1=O. The predicted molar refractivity (Wildman–Crippen MR) is 104 cm³/mol. The van der Waals surface area contributed by atoms with Crippen molar-refractivity contribution in [1.29, 1.82) is 0 Å². The molecule has 0 aliphatic carbocycles. The minimum absolute atomic E-state index is 0.00553. The third-order valence-electron chi connectivity index (χ3n) is 5.08. The van der Waals surface area contributed by atoms with Crippen molar-refractivity contribution in [3.8, 4) is 0 Å². The maximum atomic E-state index is 12.5. The molecule has 1 N–H and O–H groups in total. The lowest BCUT2D eigenvalue weighted by molar-refractivity contribution is -0.136. The fraction of sp³-hybridized carbons (Fsp3) is 0.619. The van der Waals surface area contributed by atoms with Crippen LogP contribution in [0, 0.1) is 0 Å². The lowest BCUT2D eigenvalue weighted by Crippen LogP contribution is -2.54. The average Bonchev–Trinajstić information content (AvgIpc) is 2.96. The molecule has 148 valence electrons. The molecule has 2 atom stereocenters. The molecule has 0 bridgehead atoms. The van der Waals surface area contributed by atoms with Crippen molar-refractivity contribution >= 4 is 12.0 Å². The molecule has 0 saturated carbocycles. The quantitative estimate of drug-likeness (QED) is 0.882. The monoisotopic (exact) mass is 373 g/mol. The second kappa shape index (κ2) is 8.30. The van der Waals surface area contributed by atoms with Gasteiger partial charge in [0.2, 0.25) is 5.91 Å². The number of nitrogens with one attached hydrogen (secondary N) is 1. The first-order valence-electron chi connectivity index (χ1n) is 9.87. The molecule has 2 aliphatic rings. The van der Waals surface area contributed by atoms with Crippen LogP contribution < -0.4 is 5.32 Å². The number of nitrogens with zero attached hydrogens (tertiary/aromatic N) is 2. The smallest absolute Gasteiger partial charge is 0.407 e. The molecule has 3 rings (SSSR count). The van der Waals surface area contributed by atoms with E-state index >= 15 is 0 Å². The van der Waals surface area contributed by atoms with Gasteiger partial charge in [0.1, 0.15) is 5.60 Å². The van der Waals surface area contributed by atoms with Crippen molar-refractivity contribution < 1.29 is 14.3 Å². The fourth-order valence-electron chi connectivity index (χ4n) is 3.93. The number of hydrogen-bond acceptors (Lipinski definition) is 4. The molecule has 0 unspecified atom stereocenters. The zero-order chi connectivity index (χ0) is 19.4. The van der Waals surface area contributed by atoms with E-state index in [4.69, 9.17) is 4.74 Å². The number of ether oxygens (including phenoxy) is 1. The minimum atomic E-state index is -0.539. The molecular formula is C21H31N3O3. The zero-order valence-corrected chi connectivity index (χ0v) is 16.6. The van der Waals surface area contributed by atoms with Gasteiger partial charge >= 0.3 is 6.09 Å². The predicted octanol–water partition coefficient (Wildman–Crippen LogP) is 2.78. The molecule has 1 aromatic rings. The lowest BCUT2D eigenvalue weighted by atomic mass is 10.0. The van der Waals surface area contributed by atoms with Crippen LogP contribution in [0.25, 0.3) is 0 Å². The number of piperidine rings is 1. The minimum Gasteiger partial charge on any atom is -0.444 e. The lowest BCUT2D eigenvalue weighted by Gasteiger charge is -2.35. The van der Waals surface area contributed by atoms with Crippen LogP contribution in [0.4, 0.5) is 4.79 Å². The van der Waals surface area contributed by atoms with Crippen LogP contribution in [-0.4, -0.2) is 59.1 Å². The van der Waals surface area contributed by atoms with Crippen LogP contribution in [-0.2, 0) is 16.1 Å². The summed E-state index contributed by atoms with van der Waals surface area (Å²) in [5.41, 5.74) is 0.696. The number of alkyl carbamates (subject to hydrolysis) is 1. The summed E-state index contributed by atoms with van der Waals surface area (Å²) in [5, 5.41) is 3.02. The fourth-order valence-corrected chi connectivity index (χ4v) is 3.93. The molecule has 0 radical (unpaired) electrons. The molecule has 27 heavy (non-hydrogen) atoms. The number of likely N-dealkylation sites (tertiary alicyclic amines) is 2. The highest BCUT2D eigenvalue weighted by Gasteiger charge is 2.40. The normalized spacial score (nSPS) is 24.1. The third-order valence-corrected chi connectivity index (χ3v) is 5.08. The van der Waals surface area contributed by atoms with E-state index in [2.05, 4.69) is 22.3 Å². The Bertz CT molecular complexity index is 656. The van der Waals surface area contributed by atoms with Gasteiger partial charge in [-0.3, -0.25) is 9.69 Å². The van der Waals surface area contributed by atoms with Gasteiger partial charge in [0.05, 0.1) is 12.1 Å². The summed E-state index contributed by atoms with van der Waals surface area (Å²) >= 11 is 0. The molecule has 0 spiro atoms. The van der Waals surface area contributed by atoms with Crippen LogP contribution in [0.15, 0.2) is 30.3 Å². The van der Waals surface area contributed by atoms with Gasteiger partial charge in [-0.05, 0) is 39.2 Å². The topological polar surface area (TPSA) is 61.9 Å². The first-order chi connectivity index (χ1) is 12.8. The van der Waals surface area contributed by atoms with Crippen molar-refractivity contribution in [2.75, 3.05) is 19.6 Å². The Labute approximate surface area is 161 Å². The molecule has 6 nitrogen and oxygen atoms in total. The Morgan fingerprint density at radius 3 is 2.59 bits per heavy atom. The van der Waals surface area contributed by atoms with Crippen molar-refractivity contribution in [2.24, 2.45) is 0 Å². The van der Waals surface area contributed by atoms with E-state index in [0.29, 0.717) is 13.0 Å². The summed E-state index contributed by atoms with van der Waals surface area (Å²) in [6.07, 6.45) is 2.18. The van der Waals surface area contributed by atoms with Gasteiger partial charge in [0.25, 0.3) is 0 Å². The molecule has 2 amide bonds. The molecule has 6 heteroatoms. The van der Waals surface area contributed by atoms with Gasteiger partial charge < -0.3 is 15.0 Å². The average molecular weight is 373 g/mol. The number of rotatable bonds is 4. The maximum Gasteiger partial charge on any atom is 0.407 e.